The van der Waals surface area contributed by atoms with Gasteiger partial charge in [-0.05, 0) is 19.0 Å². The normalized spacial score (nSPS) is 12.5. The molecule has 0 aliphatic heterocycles. The molecule has 1 atom stereocenters. The van der Waals surface area contributed by atoms with Crippen molar-refractivity contribution in [2.75, 3.05) is 13.7 Å². The van der Waals surface area contributed by atoms with Crippen LogP contribution in [0.3, 0.4) is 0 Å². The average molecular weight is 323 g/mol. The van der Waals surface area contributed by atoms with Gasteiger partial charge in [0.05, 0.1) is 6.54 Å². The number of hydrogen-bond acceptors (Lipinski definition) is 5. The van der Waals surface area contributed by atoms with E-state index in [1.807, 2.05) is 55.6 Å². The minimum absolute atomic E-state index is 0.100. The third-order valence-corrected chi connectivity index (χ3v) is 4.00. The molecule has 5 heteroatoms. The largest absolute Gasteiger partial charge is 0.396 e. The second kappa shape index (κ2) is 7.86. The van der Waals surface area contributed by atoms with Gasteiger partial charge >= 0.3 is 0 Å². The lowest BCUT2D eigenvalue weighted by Gasteiger charge is -2.26. The maximum absolute atomic E-state index is 9.39. The SMILES string of the molecule is CN(Cc1nc(-c2ccccc2)no1)C(CCO)c1ccccc1. The Labute approximate surface area is 141 Å². The molecule has 0 amide bonds. The van der Waals surface area contributed by atoms with Crippen LogP contribution in [0, 0.1) is 0 Å². The molecule has 0 saturated carbocycles. The quantitative estimate of drug-likeness (QED) is 0.723. The number of hydrogen-bond donors (Lipinski definition) is 1. The minimum atomic E-state index is 0.100. The standard InChI is InChI=1S/C19H21N3O2/c1-22(17(12-13-23)15-8-4-2-5-9-15)14-18-20-19(21-24-18)16-10-6-3-7-11-16/h2-11,17,23H,12-14H2,1H3. The lowest BCUT2D eigenvalue weighted by molar-refractivity contribution is 0.164. The van der Waals surface area contributed by atoms with Gasteiger partial charge in [-0.25, -0.2) is 0 Å². The van der Waals surface area contributed by atoms with Crippen molar-refractivity contribution in [3.8, 4) is 11.4 Å². The first-order chi connectivity index (χ1) is 11.8. The number of aliphatic hydroxyl groups excluding tert-OH is 1. The Hall–Kier alpha value is -2.50. The van der Waals surface area contributed by atoms with E-state index in [1.165, 1.54) is 0 Å². The molecule has 1 heterocycles. The van der Waals surface area contributed by atoms with Gasteiger partial charge in [-0.3, -0.25) is 4.90 Å². The first-order valence-electron chi connectivity index (χ1n) is 8.02. The fourth-order valence-corrected chi connectivity index (χ4v) is 2.79. The van der Waals surface area contributed by atoms with E-state index in [-0.39, 0.29) is 12.6 Å². The Balaban J connectivity index is 1.73. The fraction of sp³-hybridized carbons (Fsp3) is 0.263. The van der Waals surface area contributed by atoms with E-state index >= 15 is 0 Å². The summed E-state index contributed by atoms with van der Waals surface area (Å²) in [7, 11) is 2.00. The number of nitrogens with zero attached hydrogens (tertiary/aromatic N) is 3. The van der Waals surface area contributed by atoms with Gasteiger partial charge < -0.3 is 9.63 Å². The van der Waals surface area contributed by atoms with E-state index in [1.54, 1.807) is 0 Å². The number of aromatic nitrogens is 2. The molecule has 24 heavy (non-hydrogen) atoms. The second-order valence-corrected chi connectivity index (χ2v) is 5.73. The third-order valence-electron chi connectivity index (χ3n) is 4.00. The highest BCUT2D eigenvalue weighted by atomic mass is 16.5. The highest BCUT2D eigenvalue weighted by Crippen LogP contribution is 2.24. The number of aliphatic hydroxyl groups is 1. The van der Waals surface area contributed by atoms with Crippen LogP contribution in [0.5, 0.6) is 0 Å². The van der Waals surface area contributed by atoms with E-state index in [0.717, 1.165) is 11.1 Å². The van der Waals surface area contributed by atoms with Crippen molar-refractivity contribution in [1.82, 2.24) is 15.0 Å². The summed E-state index contributed by atoms with van der Waals surface area (Å²) in [6.07, 6.45) is 0.653. The summed E-state index contributed by atoms with van der Waals surface area (Å²) in [5.74, 6) is 1.16. The zero-order chi connectivity index (χ0) is 16.8. The minimum Gasteiger partial charge on any atom is -0.396 e. The molecule has 0 bridgehead atoms. The van der Waals surface area contributed by atoms with Gasteiger partial charge in [0.25, 0.3) is 0 Å². The molecule has 0 saturated heterocycles. The molecule has 0 aliphatic carbocycles. The van der Waals surface area contributed by atoms with Gasteiger partial charge in [-0.2, -0.15) is 4.98 Å². The van der Waals surface area contributed by atoms with Crippen molar-refractivity contribution in [2.24, 2.45) is 0 Å². The summed E-state index contributed by atoms with van der Waals surface area (Å²) in [5.41, 5.74) is 2.10. The van der Waals surface area contributed by atoms with Crippen LogP contribution in [0.15, 0.2) is 65.2 Å². The first kappa shape index (κ1) is 16.4. The maximum Gasteiger partial charge on any atom is 0.241 e. The van der Waals surface area contributed by atoms with Gasteiger partial charge in [0.15, 0.2) is 0 Å². The van der Waals surface area contributed by atoms with E-state index in [4.69, 9.17) is 4.52 Å². The molecule has 0 radical (unpaired) electrons. The van der Waals surface area contributed by atoms with Gasteiger partial charge in [0.2, 0.25) is 11.7 Å². The molecular weight excluding hydrogens is 302 g/mol. The van der Waals surface area contributed by atoms with Crippen LogP contribution in [-0.4, -0.2) is 33.8 Å². The predicted octanol–water partition coefficient (Wildman–Crippen LogP) is 3.29. The summed E-state index contributed by atoms with van der Waals surface area (Å²) in [6.45, 7) is 0.655. The molecule has 0 spiro atoms. The zero-order valence-electron chi connectivity index (χ0n) is 13.7. The van der Waals surface area contributed by atoms with Crippen LogP contribution in [0.2, 0.25) is 0 Å². The Morgan fingerprint density at radius 2 is 1.71 bits per heavy atom. The Morgan fingerprint density at radius 3 is 2.38 bits per heavy atom. The summed E-state index contributed by atoms with van der Waals surface area (Å²) in [6, 6.07) is 20.0. The molecule has 5 nitrogen and oxygen atoms in total. The lowest BCUT2D eigenvalue weighted by atomic mass is 10.0. The van der Waals surface area contributed by atoms with Crippen LogP contribution in [0.25, 0.3) is 11.4 Å². The maximum atomic E-state index is 9.39. The highest BCUT2D eigenvalue weighted by molar-refractivity contribution is 5.53. The van der Waals surface area contributed by atoms with Gasteiger partial charge in [-0.1, -0.05) is 65.8 Å². The van der Waals surface area contributed by atoms with E-state index < -0.39 is 0 Å². The molecule has 3 aromatic rings. The number of benzene rings is 2. The molecule has 3 rings (SSSR count). The van der Waals surface area contributed by atoms with Crippen LogP contribution < -0.4 is 0 Å². The van der Waals surface area contributed by atoms with Gasteiger partial charge in [0, 0.05) is 18.2 Å². The van der Waals surface area contributed by atoms with Crippen molar-refractivity contribution in [2.45, 2.75) is 19.0 Å². The molecule has 0 fully saturated rings. The van der Waals surface area contributed by atoms with Crippen molar-refractivity contribution in [1.29, 1.82) is 0 Å². The Morgan fingerprint density at radius 1 is 1.04 bits per heavy atom. The molecular formula is C19H21N3O2. The van der Waals surface area contributed by atoms with E-state index in [2.05, 4.69) is 27.2 Å². The fourth-order valence-electron chi connectivity index (χ4n) is 2.79. The summed E-state index contributed by atoms with van der Waals surface area (Å²) in [4.78, 5) is 6.59. The Kier molecular flexibility index (Phi) is 5.36. The zero-order valence-corrected chi connectivity index (χ0v) is 13.7. The summed E-state index contributed by atoms with van der Waals surface area (Å²) < 4.78 is 5.39. The lowest BCUT2D eigenvalue weighted by Crippen LogP contribution is -2.25. The van der Waals surface area contributed by atoms with Crippen LogP contribution >= 0.6 is 0 Å². The van der Waals surface area contributed by atoms with E-state index in [9.17, 15) is 5.11 Å². The molecule has 1 unspecified atom stereocenters. The summed E-state index contributed by atoms with van der Waals surface area (Å²) in [5, 5.41) is 13.4. The van der Waals surface area contributed by atoms with Gasteiger partial charge in [-0.15, -0.1) is 0 Å². The molecule has 2 aromatic carbocycles. The Bertz CT molecular complexity index is 744. The van der Waals surface area contributed by atoms with Crippen molar-refractivity contribution in [3.63, 3.8) is 0 Å². The summed E-state index contributed by atoms with van der Waals surface area (Å²) >= 11 is 0. The monoisotopic (exact) mass is 323 g/mol. The first-order valence-corrected chi connectivity index (χ1v) is 8.02. The third kappa shape index (κ3) is 3.88. The van der Waals surface area contributed by atoms with Crippen LogP contribution in [-0.2, 0) is 6.54 Å². The second-order valence-electron chi connectivity index (χ2n) is 5.73. The van der Waals surface area contributed by atoms with Crippen molar-refractivity contribution >= 4 is 0 Å². The van der Waals surface area contributed by atoms with E-state index in [0.29, 0.717) is 24.7 Å². The highest BCUT2D eigenvalue weighted by Gasteiger charge is 2.19. The van der Waals surface area contributed by atoms with Crippen LogP contribution in [0.1, 0.15) is 23.9 Å². The molecule has 1 N–H and O–H groups in total. The molecule has 124 valence electrons. The molecule has 1 aromatic heterocycles. The van der Waals surface area contributed by atoms with Crippen LogP contribution in [0.4, 0.5) is 0 Å². The smallest absolute Gasteiger partial charge is 0.241 e. The molecule has 0 aliphatic rings. The predicted molar refractivity (Wildman–Crippen MR) is 92.1 cm³/mol. The van der Waals surface area contributed by atoms with Gasteiger partial charge in [0.1, 0.15) is 0 Å². The van der Waals surface area contributed by atoms with Crippen molar-refractivity contribution in [3.05, 3.63) is 72.1 Å². The van der Waals surface area contributed by atoms with Crippen molar-refractivity contribution < 1.29 is 9.63 Å². The topological polar surface area (TPSA) is 62.4 Å². The average Bonchev–Trinajstić information content (AvgIpc) is 3.09. The number of rotatable bonds is 7.